The van der Waals surface area contributed by atoms with E-state index in [2.05, 4.69) is 48.2 Å². The van der Waals surface area contributed by atoms with Crippen LogP contribution in [0.25, 0.3) is 0 Å². The van der Waals surface area contributed by atoms with Crippen molar-refractivity contribution in [1.29, 1.82) is 0 Å². The van der Waals surface area contributed by atoms with Crippen LogP contribution in [0.1, 0.15) is 110 Å². The van der Waals surface area contributed by atoms with Crippen LogP contribution in [0.5, 0.6) is 5.75 Å². The number of carbonyl (C=O) groups excluding carboxylic acids is 1. The van der Waals surface area contributed by atoms with E-state index in [9.17, 15) is 4.79 Å². The molecule has 0 saturated carbocycles. The lowest BCUT2D eigenvalue weighted by Gasteiger charge is -2.09. The zero-order valence-corrected chi connectivity index (χ0v) is 20.7. The third-order valence-corrected chi connectivity index (χ3v) is 5.54. The summed E-state index contributed by atoms with van der Waals surface area (Å²) in [7, 11) is 0. The van der Waals surface area contributed by atoms with E-state index in [0.29, 0.717) is 6.42 Å². The molecular weight excluding hydrogens is 398 g/mol. The maximum atomic E-state index is 9.96. The van der Waals surface area contributed by atoms with Crippen molar-refractivity contribution >= 4 is 11.7 Å². The van der Waals surface area contributed by atoms with E-state index in [1.807, 2.05) is 0 Å². The molecule has 2 rings (SSSR count). The molecule has 0 aliphatic carbocycles. The van der Waals surface area contributed by atoms with E-state index in [-0.39, 0.29) is 5.97 Å². The number of hydrogen-bond donors (Lipinski definition) is 1. The molecule has 4 nitrogen and oxygen atoms in total. The predicted octanol–water partition coefficient (Wildman–Crippen LogP) is 8.43. The summed E-state index contributed by atoms with van der Waals surface area (Å²) >= 11 is 0. The van der Waals surface area contributed by atoms with E-state index in [0.717, 1.165) is 18.9 Å². The second kappa shape index (κ2) is 20.9. The topological polar surface area (TPSA) is 47.6 Å². The summed E-state index contributed by atoms with van der Waals surface area (Å²) in [5.74, 6) is 0.838. The van der Waals surface area contributed by atoms with Gasteiger partial charge in [0.15, 0.2) is 0 Å². The third-order valence-electron chi connectivity index (χ3n) is 5.54. The normalized spacial score (nSPS) is 12.2. The van der Waals surface area contributed by atoms with Gasteiger partial charge in [-0.25, -0.2) is 0 Å². The Hall–Kier alpha value is -1.97. The van der Waals surface area contributed by atoms with E-state index in [4.69, 9.17) is 4.74 Å². The molecule has 1 aromatic rings. The van der Waals surface area contributed by atoms with E-state index in [1.165, 1.54) is 102 Å². The first-order valence-electron chi connectivity index (χ1n) is 13.1. The lowest BCUT2D eigenvalue weighted by Crippen LogP contribution is -2.02. The fourth-order valence-electron chi connectivity index (χ4n) is 3.55. The Morgan fingerprint density at radius 2 is 1.47 bits per heavy atom. The average Bonchev–Trinajstić information content (AvgIpc) is 3.29. The number of benzene rings is 1. The number of unbranched alkanes of at least 4 members (excludes halogenated alkanes) is 12. The van der Waals surface area contributed by atoms with Crippen LogP contribution in [0.2, 0.25) is 0 Å². The first-order chi connectivity index (χ1) is 15.8. The summed E-state index contributed by atoms with van der Waals surface area (Å²) in [5, 5.41) is 3.46. The van der Waals surface area contributed by atoms with Crippen molar-refractivity contribution in [2.45, 2.75) is 110 Å². The van der Waals surface area contributed by atoms with E-state index >= 15 is 0 Å². The van der Waals surface area contributed by atoms with Gasteiger partial charge >= 0.3 is 5.97 Å². The standard InChI is InChI=1S/C24H43NO.C4H4O2/c1-3-5-7-8-9-10-11-12-13-14-15-16-21-26-24-19-17-18-23(22-24)25-20-6-4-2;5-4-2-1-3-6-4/h17-19,22,25H,3-16,20-21H2,1-2H3;1,3H,2H2. The third kappa shape index (κ3) is 16.7. The van der Waals surface area contributed by atoms with Gasteiger partial charge in [0.05, 0.1) is 19.3 Å². The quantitative estimate of drug-likeness (QED) is 0.182. The number of cyclic esters (lactones) is 1. The zero-order chi connectivity index (χ0) is 23.1. The Labute approximate surface area is 197 Å². The Bertz CT molecular complexity index is 590. The van der Waals surface area contributed by atoms with Crippen LogP contribution in [-0.4, -0.2) is 19.1 Å². The maximum Gasteiger partial charge on any atom is 0.314 e. The molecule has 0 radical (unpaired) electrons. The predicted molar refractivity (Wildman–Crippen MR) is 136 cm³/mol. The highest BCUT2D eigenvalue weighted by atomic mass is 16.5. The molecule has 4 heteroatoms. The Morgan fingerprint density at radius 3 is 2.00 bits per heavy atom. The second-order valence-corrected chi connectivity index (χ2v) is 8.61. The first kappa shape index (κ1) is 28.1. The molecule has 32 heavy (non-hydrogen) atoms. The van der Waals surface area contributed by atoms with Crippen molar-refractivity contribution in [2.75, 3.05) is 18.5 Å². The lowest BCUT2D eigenvalue weighted by molar-refractivity contribution is -0.135. The van der Waals surface area contributed by atoms with Gasteiger partial charge in [-0.05, 0) is 31.1 Å². The molecule has 1 aromatic carbocycles. The van der Waals surface area contributed by atoms with Crippen LogP contribution in [0, 0.1) is 0 Å². The van der Waals surface area contributed by atoms with Gasteiger partial charge in [0.25, 0.3) is 0 Å². The molecule has 1 heterocycles. The van der Waals surface area contributed by atoms with Gasteiger partial charge in [0, 0.05) is 18.3 Å². The molecule has 0 atom stereocenters. The molecule has 0 spiro atoms. The van der Waals surface area contributed by atoms with E-state index in [1.54, 1.807) is 6.08 Å². The number of rotatable bonds is 18. The highest BCUT2D eigenvalue weighted by Gasteiger charge is 2.01. The molecular formula is C28H47NO3. The van der Waals surface area contributed by atoms with Crippen molar-refractivity contribution in [3.8, 4) is 5.75 Å². The molecule has 0 fully saturated rings. The van der Waals surface area contributed by atoms with E-state index < -0.39 is 0 Å². The van der Waals surface area contributed by atoms with Crippen LogP contribution in [0.3, 0.4) is 0 Å². The summed E-state index contributed by atoms with van der Waals surface area (Å²) in [6.45, 7) is 6.39. The summed E-state index contributed by atoms with van der Waals surface area (Å²) in [6.07, 6.45) is 22.6. The molecule has 0 bridgehead atoms. The fourth-order valence-corrected chi connectivity index (χ4v) is 3.55. The minimum Gasteiger partial charge on any atom is -0.494 e. The second-order valence-electron chi connectivity index (χ2n) is 8.61. The Kier molecular flexibility index (Phi) is 18.3. The molecule has 0 unspecified atom stereocenters. The van der Waals surface area contributed by atoms with Crippen molar-refractivity contribution in [1.82, 2.24) is 0 Å². The SMILES string of the molecule is CCCCCCCCCCCCCCOc1cccc(NCCCC)c1.O=C1CC=CO1. The molecule has 1 aliphatic rings. The van der Waals surface area contributed by atoms with Gasteiger partial charge in [0.2, 0.25) is 0 Å². The summed E-state index contributed by atoms with van der Waals surface area (Å²) < 4.78 is 10.2. The van der Waals surface area contributed by atoms with Gasteiger partial charge in [-0.1, -0.05) is 97.0 Å². The molecule has 1 N–H and O–H groups in total. The number of ether oxygens (including phenoxy) is 2. The number of anilines is 1. The minimum atomic E-state index is -0.157. The Morgan fingerprint density at radius 1 is 0.844 bits per heavy atom. The van der Waals surface area contributed by atoms with Crippen LogP contribution < -0.4 is 10.1 Å². The van der Waals surface area contributed by atoms with Crippen molar-refractivity contribution in [2.24, 2.45) is 0 Å². The summed E-state index contributed by atoms with van der Waals surface area (Å²) in [5.41, 5.74) is 1.17. The minimum absolute atomic E-state index is 0.157. The van der Waals surface area contributed by atoms with Gasteiger partial charge in [-0.15, -0.1) is 0 Å². The molecule has 1 aliphatic heterocycles. The highest BCUT2D eigenvalue weighted by Crippen LogP contribution is 2.18. The van der Waals surface area contributed by atoms with Crippen LogP contribution in [-0.2, 0) is 9.53 Å². The number of esters is 1. The molecule has 0 saturated heterocycles. The van der Waals surface area contributed by atoms with Gasteiger partial charge < -0.3 is 14.8 Å². The molecule has 0 aromatic heterocycles. The van der Waals surface area contributed by atoms with Gasteiger partial charge in [0.1, 0.15) is 5.75 Å². The smallest absolute Gasteiger partial charge is 0.314 e. The maximum absolute atomic E-state index is 9.96. The number of hydrogen-bond acceptors (Lipinski definition) is 4. The van der Waals surface area contributed by atoms with Crippen molar-refractivity contribution < 1.29 is 14.3 Å². The van der Waals surface area contributed by atoms with Crippen LogP contribution >= 0.6 is 0 Å². The first-order valence-corrected chi connectivity index (χ1v) is 13.1. The zero-order valence-electron chi connectivity index (χ0n) is 20.7. The van der Waals surface area contributed by atoms with Crippen LogP contribution in [0.4, 0.5) is 5.69 Å². The van der Waals surface area contributed by atoms with Crippen molar-refractivity contribution in [3.05, 3.63) is 36.6 Å². The molecule has 0 amide bonds. The number of carbonyl (C=O) groups is 1. The number of nitrogens with one attached hydrogen (secondary N) is 1. The van der Waals surface area contributed by atoms with Crippen molar-refractivity contribution in [3.63, 3.8) is 0 Å². The molecule has 182 valence electrons. The van der Waals surface area contributed by atoms with Crippen LogP contribution in [0.15, 0.2) is 36.6 Å². The largest absolute Gasteiger partial charge is 0.494 e. The summed E-state index contributed by atoms with van der Waals surface area (Å²) in [6, 6.07) is 8.37. The Balaban J connectivity index is 0.000000730. The highest BCUT2D eigenvalue weighted by molar-refractivity contribution is 5.73. The lowest BCUT2D eigenvalue weighted by atomic mass is 10.1. The average molecular weight is 446 g/mol. The summed E-state index contributed by atoms with van der Waals surface area (Å²) in [4.78, 5) is 9.96. The fraction of sp³-hybridized carbons (Fsp3) is 0.679. The van der Waals surface area contributed by atoms with Gasteiger partial charge in [-0.3, -0.25) is 4.79 Å². The van der Waals surface area contributed by atoms with Gasteiger partial charge in [-0.2, -0.15) is 0 Å². The monoisotopic (exact) mass is 445 g/mol.